The minimum Gasteiger partial charge on any atom is -0.504 e. The maximum Gasteiger partial charge on any atom is 0.298 e. The zero-order chi connectivity index (χ0) is 23.2. The summed E-state index contributed by atoms with van der Waals surface area (Å²) in [4.78, 5) is -1.72. The van der Waals surface area contributed by atoms with E-state index in [1.165, 1.54) is 12.1 Å². The lowest BCUT2D eigenvalue weighted by molar-refractivity contribution is 0.445. The molecule has 164 valence electrons. The third-order valence-corrected chi connectivity index (χ3v) is 6.67. The summed E-state index contributed by atoms with van der Waals surface area (Å²) in [5.74, 6) is -0.959. The summed E-state index contributed by atoms with van der Waals surface area (Å²) in [6.45, 7) is 0. The Labute approximate surface area is 176 Å². The highest BCUT2D eigenvalue weighted by Gasteiger charge is 2.23. The predicted octanol–water partition coefficient (Wildman–Crippen LogP) is 2.10. The number of nitrogens with two attached hydrogens (primary N) is 1. The first kappa shape index (κ1) is 22.7. The quantitative estimate of drug-likeness (QED) is 0.306. The maximum atomic E-state index is 11.6. The maximum absolute atomic E-state index is 11.6. The number of nitrogens with zero attached hydrogens (tertiary/aromatic N) is 2. The Morgan fingerprint density at radius 3 is 1.84 bits per heavy atom. The average molecular weight is 487 g/mol. The minimum atomic E-state index is -4.94. The molecular formula is C16H13N3O9S3. The van der Waals surface area contributed by atoms with Crippen molar-refractivity contribution in [2.75, 3.05) is 0 Å². The third-order valence-electron chi connectivity index (χ3n) is 4.03. The number of aromatic hydroxyl groups is 1. The molecule has 0 saturated heterocycles. The lowest BCUT2D eigenvalue weighted by atomic mass is 10.1. The molecule has 0 spiro atoms. The minimum absolute atomic E-state index is 0.0437. The molecule has 0 saturated carbocycles. The molecular weight excluding hydrogens is 474 g/mol. The van der Waals surface area contributed by atoms with Crippen LogP contribution in [0.15, 0.2) is 73.4 Å². The summed E-state index contributed by atoms with van der Waals surface area (Å²) >= 11 is 0. The number of hydrogen-bond acceptors (Lipinski definition) is 9. The van der Waals surface area contributed by atoms with Gasteiger partial charge in [-0.3, -0.25) is 9.11 Å². The number of rotatable bonds is 5. The van der Waals surface area contributed by atoms with E-state index in [4.69, 9.17) is 5.14 Å². The highest BCUT2D eigenvalue weighted by atomic mass is 32.2. The van der Waals surface area contributed by atoms with Crippen LogP contribution in [0.4, 0.5) is 11.4 Å². The fourth-order valence-corrected chi connectivity index (χ4v) is 4.25. The van der Waals surface area contributed by atoms with Gasteiger partial charge in [-0.2, -0.15) is 21.9 Å². The summed E-state index contributed by atoms with van der Waals surface area (Å²) in [6.07, 6.45) is 0. The smallest absolute Gasteiger partial charge is 0.298 e. The van der Waals surface area contributed by atoms with Crippen LogP contribution in [0.5, 0.6) is 5.75 Å². The van der Waals surface area contributed by atoms with Crippen LogP contribution in [-0.4, -0.2) is 39.5 Å². The van der Waals surface area contributed by atoms with E-state index in [2.05, 4.69) is 10.2 Å². The zero-order valence-corrected chi connectivity index (χ0v) is 17.6. The highest BCUT2D eigenvalue weighted by Crippen LogP contribution is 2.41. The molecule has 15 heteroatoms. The summed E-state index contributed by atoms with van der Waals surface area (Å²) in [5, 5.41) is 22.8. The van der Waals surface area contributed by atoms with E-state index in [-0.39, 0.29) is 21.4 Å². The summed E-state index contributed by atoms with van der Waals surface area (Å²) in [5.41, 5.74) is -0.325. The summed E-state index contributed by atoms with van der Waals surface area (Å²) < 4.78 is 87.1. The molecule has 0 unspecified atom stereocenters. The lowest BCUT2D eigenvalue weighted by Gasteiger charge is -2.09. The monoisotopic (exact) mass is 487 g/mol. The molecule has 3 rings (SSSR count). The molecule has 31 heavy (non-hydrogen) atoms. The van der Waals surface area contributed by atoms with Gasteiger partial charge in [-0.25, -0.2) is 13.6 Å². The van der Waals surface area contributed by atoms with E-state index in [1.54, 1.807) is 0 Å². The second-order valence-electron chi connectivity index (χ2n) is 6.14. The fourth-order valence-electron chi connectivity index (χ4n) is 2.60. The normalized spacial score (nSPS) is 13.1. The first-order valence-corrected chi connectivity index (χ1v) is 12.4. The van der Waals surface area contributed by atoms with Crippen LogP contribution in [0.1, 0.15) is 0 Å². The molecule has 3 aromatic rings. The van der Waals surface area contributed by atoms with E-state index >= 15 is 0 Å². The van der Waals surface area contributed by atoms with Crippen LogP contribution in [0, 0.1) is 0 Å². The van der Waals surface area contributed by atoms with Crippen LogP contribution in [0.25, 0.3) is 10.8 Å². The van der Waals surface area contributed by atoms with Crippen molar-refractivity contribution in [1.82, 2.24) is 0 Å². The van der Waals surface area contributed by atoms with Gasteiger partial charge >= 0.3 is 0 Å². The number of fused-ring (bicyclic) bond motifs is 1. The molecule has 0 radical (unpaired) electrons. The van der Waals surface area contributed by atoms with Gasteiger partial charge < -0.3 is 5.11 Å². The Morgan fingerprint density at radius 2 is 1.32 bits per heavy atom. The van der Waals surface area contributed by atoms with E-state index in [0.717, 1.165) is 36.4 Å². The van der Waals surface area contributed by atoms with Crippen LogP contribution < -0.4 is 5.14 Å². The molecule has 0 aliphatic heterocycles. The second-order valence-corrected chi connectivity index (χ2v) is 10.5. The van der Waals surface area contributed by atoms with Crippen molar-refractivity contribution in [3.8, 4) is 5.75 Å². The van der Waals surface area contributed by atoms with Crippen molar-refractivity contribution in [3.63, 3.8) is 0 Å². The molecule has 0 amide bonds. The number of hydrogen-bond donors (Lipinski definition) is 4. The van der Waals surface area contributed by atoms with E-state index < -0.39 is 51.5 Å². The van der Waals surface area contributed by atoms with Gasteiger partial charge in [-0.15, -0.1) is 5.11 Å². The van der Waals surface area contributed by atoms with Crippen LogP contribution >= 0.6 is 0 Å². The molecule has 0 bridgehead atoms. The van der Waals surface area contributed by atoms with Gasteiger partial charge in [-0.1, -0.05) is 6.07 Å². The number of phenols is 1. The molecule has 5 N–H and O–H groups in total. The molecule has 0 atom stereocenters. The van der Waals surface area contributed by atoms with Crippen LogP contribution in [0.3, 0.4) is 0 Å². The third kappa shape index (κ3) is 4.87. The van der Waals surface area contributed by atoms with E-state index in [0.29, 0.717) is 0 Å². The largest absolute Gasteiger partial charge is 0.504 e. The lowest BCUT2D eigenvalue weighted by Crippen LogP contribution is -2.11. The Bertz CT molecular complexity index is 1550. The Kier molecular flexibility index (Phi) is 5.59. The molecule has 0 heterocycles. The molecule has 12 nitrogen and oxygen atoms in total. The summed E-state index contributed by atoms with van der Waals surface area (Å²) in [7, 11) is -13.5. The first-order valence-electron chi connectivity index (χ1n) is 7.97. The fraction of sp³-hybridized carbons (Fsp3) is 0. The Balaban J connectivity index is 2.22. The number of sulfonamides is 1. The topological polar surface area (TPSA) is 214 Å². The highest BCUT2D eigenvalue weighted by molar-refractivity contribution is 7.89. The van der Waals surface area contributed by atoms with Crippen molar-refractivity contribution in [2.24, 2.45) is 15.4 Å². The molecule has 0 aliphatic carbocycles. The molecule has 0 aliphatic rings. The first-order chi connectivity index (χ1) is 14.2. The van der Waals surface area contributed by atoms with Gasteiger partial charge in [0.1, 0.15) is 10.6 Å². The van der Waals surface area contributed by atoms with Crippen molar-refractivity contribution in [1.29, 1.82) is 0 Å². The van der Waals surface area contributed by atoms with Crippen molar-refractivity contribution in [3.05, 3.63) is 48.5 Å². The average Bonchev–Trinajstić information content (AvgIpc) is 2.64. The van der Waals surface area contributed by atoms with Gasteiger partial charge in [0.05, 0.1) is 15.5 Å². The van der Waals surface area contributed by atoms with E-state index in [1.807, 2.05) is 0 Å². The van der Waals surface area contributed by atoms with Crippen LogP contribution in [0.2, 0.25) is 0 Å². The SMILES string of the molecule is NS(=O)(=O)c1ccc(N=Nc2c(O)c(S(=O)(=O)O)cc3cc(S(=O)(=O)O)ccc23)cc1. The van der Waals surface area contributed by atoms with Gasteiger partial charge in [0.2, 0.25) is 10.0 Å². The molecule has 0 fully saturated rings. The van der Waals surface area contributed by atoms with Gasteiger partial charge in [0.25, 0.3) is 20.2 Å². The predicted molar refractivity (Wildman–Crippen MR) is 107 cm³/mol. The number of primary sulfonamides is 1. The van der Waals surface area contributed by atoms with Gasteiger partial charge in [0, 0.05) is 5.39 Å². The van der Waals surface area contributed by atoms with Crippen molar-refractivity contribution in [2.45, 2.75) is 14.7 Å². The summed E-state index contributed by atoms with van der Waals surface area (Å²) in [6, 6.07) is 8.63. The number of azo groups is 1. The Morgan fingerprint density at radius 1 is 0.742 bits per heavy atom. The zero-order valence-electron chi connectivity index (χ0n) is 15.1. The van der Waals surface area contributed by atoms with Crippen molar-refractivity contribution >= 4 is 52.4 Å². The van der Waals surface area contributed by atoms with Crippen LogP contribution in [-0.2, 0) is 30.3 Å². The molecule has 0 aromatic heterocycles. The second kappa shape index (κ2) is 7.63. The molecule has 3 aromatic carbocycles. The van der Waals surface area contributed by atoms with Crippen molar-refractivity contribution < 1.29 is 39.5 Å². The van der Waals surface area contributed by atoms with Gasteiger partial charge in [-0.05, 0) is 47.9 Å². The standard InChI is InChI=1S/C16H13N3O9S3/c17-29(21,22)11-3-1-10(2-4-11)18-19-15-13-6-5-12(30(23,24)25)7-9(13)8-14(16(15)20)31(26,27)28/h1-8,20H,(H2,17,21,22)(H,23,24,25)(H,26,27,28). The Hall–Kier alpha value is -2.95. The number of benzene rings is 3. The number of phenolic OH excluding ortho intramolecular Hbond substituents is 1. The van der Waals surface area contributed by atoms with Gasteiger partial charge in [0.15, 0.2) is 5.75 Å². The van der Waals surface area contributed by atoms with E-state index in [9.17, 15) is 39.5 Å².